The molecule has 0 unspecified atom stereocenters. The fraction of sp³-hybridized carbons (Fsp3) is 0.0833. The summed E-state index contributed by atoms with van der Waals surface area (Å²) in [5.74, 6) is -1.66. The highest BCUT2D eigenvalue weighted by atomic mass is 35.5. The Hall–Kier alpha value is -1.92. The largest absolute Gasteiger partial charge is 0.464 e. The van der Waals surface area contributed by atoms with E-state index in [1.807, 2.05) is 0 Å². The van der Waals surface area contributed by atoms with Crippen LogP contribution in [0.25, 0.3) is 11.3 Å². The normalized spacial score (nSPS) is 10.4. The Morgan fingerprint density at radius 3 is 2.65 bits per heavy atom. The summed E-state index contributed by atoms with van der Waals surface area (Å²) in [5, 5.41) is -0.0516. The van der Waals surface area contributed by atoms with Crippen molar-refractivity contribution in [2.24, 2.45) is 0 Å². The monoisotopic (exact) mass is 315 g/mol. The number of esters is 1. The molecule has 0 spiro atoms. The maximum Gasteiger partial charge on any atom is 0.358 e. The number of halogens is 3. The zero-order chi connectivity index (χ0) is 14.9. The first kappa shape index (κ1) is 14.5. The smallest absolute Gasteiger partial charge is 0.358 e. The molecule has 0 fully saturated rings. The number of nitrogen functional groups attached to an aromatic ring is 1. The zero-order valence-corrected chi connectivity index (χ0v) is 11.7. The van der Waals surface area contributed by atoms with Gasteiger partial charge in [0, 0.05) is 11.8 Å². The molecule has 20 heavy (non-hydrogen) atoms. The molecule has 0 amide bonds. The molecule has 2 N–H and O–H groups in total. The predicted octanol–water partition coefficient (Wildman–Crippen LogP) is 2.96. The number of anilines is 1. The SMILES string of the molecule is COC(=O)c1nc(-c2ccc(Cl)nc2)c(F)c(N)c1Cl. The van der Waals surface area contributed by atoms with E-state index >= 15 is 0 Å². The van der Waals surface area contributed by atoms with Gasteiger partial charge in [0.25, 0.3) is 0 Å². The van der Waals surface area contributed by atoms with E-state index in [0.29, 0.717) is 5.56 Å². The summed E-state index contributed by atoms with van der Waals surface area (Å²) < 4.78 is 18.6. The fourth-order valence-electron chi connectivity index (χ4n) is 1.50. The van der Waals surface area contributed by atoms with Crippen molar-refractivity contribution in [3.63, 3.8) is 0 Å². The van der Waals surface area contributed by atoms with Gasteiger partial charge in [0.2, 0.25) is 0 Å². The van der Waals surface area contributed by atoms with Crippen molar-refractivity contribution < 1.29 is 13.9 Å². The molecule has 0 bridgehead atoms. The van der Waals surface area contributed by atoms with Crippen molar-refractivity contribution in [1.82, 2.24) is 9.97 Å². The average molecular weight is 316 g/mol. The zero-order valence-electron chi connectivity index (χ0n) is 10.2. The minimum atomic E-state index is -0.841. The average Bonchev–Trinajstić information content (AvgIpc) is 2.45. The fourth-order valence-corrected chi connectivity index (χ4v) is 1.81. The van der Waals surface area contributed by atoms with Crippen molar-refractivity contribution in [2.75, 3.05) is 12.8 Å². The van der Waals surface area contributed by atoms with E-state index in [0.717, 1.165) is 7.11 Å². The van der Waals surface area contributed by atoms with Crippen molar-refractivity contribution in [2.45, 2.75) is 0 Å². The Kier molecular flexibility index (Phi) is 4.06. The van der Waals surface area contributed by atoms with Gasteiger partial charge in [-0.25, -0.2) is 19.2 Å². The number of ether oxygens (including phenoxy) is 1. The van der Waals surface area contributed by atoms with Crippen LogP contribution in [-0.4, -0.2) is 23.0 Å². The first-order valence-electron chi connectivity index (χ1n) is 5.30. The van der Waals surface area contributed by atoms with Crippen LogP contribution in [0.5, 0.6) is 0 Å². The highest BCUT2D eigenvalue weighted by molar-refractivity contribution is 6.35. The van der Waals surface area contributed by atoms with Gasteiger partial charge in [0.15, 0.2) is 11.5 Å². The van der Waals surface area contributed by atoms with E-state index < -0.39 is 11.8 Å². The Labute approximate surface area is 123 Å². The highest BCUT2D eigenvalue weighted by Crippen LogP contribution is 2.32. The van der Waals surface area contributed by atoms with Gasteiger partial charge in [0.1, 0.15) is 10.8 Å². The van der Waals surface area contributed by atoms with E-state index in [-0.39, 0.29) is 27.3 Å². The van der Waals surface area contributed by atoms with Crippen LogP contribution in [0.4, 0.5) is 10.1 Å². The van der Waals surface area contributed by atoms with Crippen molar-refractivity contribution in [3.8, 4) is 11.3 Å². The molecule has 5 nitrogen and oxygen atoms in total. The second-order valence-corrected chi connectivity index (χ2v) is 4.48. The third-order valence-corrected chi connectivity index (χ3v) is 3.10. The lowest BCUT2D eigenvalue weighted by atomic mass is 10.1. The number of pyridine rings is 2. The summed E-state index contributed by atoms with van der Waals surface area (Å²) in [6, 6.07) is 2.95. The van der Waals surface area contributed by atoms with E-state index in [2.05, 4.69) is 14.7 Å². The van der Waals surface area contributed by atoms with E-state index in [9.17, 15) is 9.18 Å². The Morgan fingerprint density at radius 1 is 1.40 bits per heavy atom. The van der Waals surface area contributed by atoms with Crippen LogP contribution in [0.1, 0.15) is 10.5 Å². The molecule has 0 aromatic carbocycles. The minimum Gasteiger partial charge on any atom is -0.464 e. The summed E-state index contributed by atoms with van der Waals surface area (Å²) in [7, 11) is 1.16. The molecule has 2 heterocycles. The number of hydrogen-bond acceptors (Lipinski definition) is 5. The van der Waals surface area contributed by atoms with E-state index in [1.165, 1.54) is 18.3 Å². The van der Waals surface area contributed by atoms with Gasteiger partial charge in [-0.1, -0.05) is 23.2 Å². The second kappa shape index (κ2) is 5.60. The number of nitrogens with two attached hydrogens (primary N) is 1. The molecule has 104 valence electrons. The van der Waals surface area contributed by atoms with Crippen LogP contribution in [0, 0.1) is 5.82 Å². The topological polar surface area (TPSA) is 78.1 Å². The van der Waals surface area contributed by atoms with Gasteiger partial charge in [-0.2, -0.15) is 0 Å². The number of rotatable bonds is 2. The molecular weight excluding hydrogens is 308 g/mol. The van der Waals surface area contributed by atoms with Gasteiger partial charge in [-0.15, -0.1) is 0 Å². The molecule has 0 atom stereocenters. The predicted molar refractivity (Wildman–Crippen MR) is 73.2 cm³/mol. The van der Waals surface area contributed by atoms with Crippen LogP contribution in [0.2, 0.25) is 10.2 Å². The molecular formula is C12H8Cl2FN3O2. The second-order valence-electron chi connectivity index (χ2n) is 3.71. The summed E-state index contributed by atoms with van der Waals surface area (Å²) in [4.78, 5) is 19.2. The molecule has 2 aromatic heterocycles. The third kappa shape index (κ3) is 2.52. The maximum absolute atomic E-state index is 14.1. The lowest BCUT2D eigenvalue weighted by molar-refractivity contribution is 0.0594. The minimum absolute atomic E-state index is 0.156. The number of hydrogen-bond donors (Lipinski definition) is 1. The van der Waals surface area contributed by atoms with Crippen molar-refractivity contribution >= 4 is 34.9 Å². The van der Waals surface area contributed by atoms with Crippen LogP contribution in [-0.2, 0) is 4.74 Å². The summed E-state index contributed by atoms with van der Waals surface area (Å²) in [6.45, 7) is 0. The first-order valence-corrected chi connectivity index (χ1v) is 6.06. The molecule has 0 saturated carbocycles. The van der Waals surface area contributed by atoms with Crippen LogP contribution in [0.3, 0.4) is 0 Å². The quantitative estimate of drug-likeness (QED) is 0.681. The number of carbonyl (C=O) groups is 1. The molecule has 0 radical (unpaired) electrons. The van der Waals surface area contributed by atoms with Gasteiger partial charge in [0.05, 0.1) is 17.8 Å². The van der Waals surface area contributed by atoms with E-state index in [4.69, 9.17) is 28.9 Å². The molecule has 2 aromatic rings. The van der Waals surface area contributed by atoms with Gasteiger partial charge in [-0.05, 0) is 12.1 Å². The standard InChI is InChI=1S/C12H8Cl2FN3O2/c1-20-12(19)11-7(14)9(16)8(15)10(18-11)5-2-3-6(13)17-4-5/h2-4H,1H3,(H2,16,18). The Morgan fingerprint density at radius 2 is 2.10 bits per heavy atom. The maximum atomic E-state index is 14.1. The van der Waals surface area contributed by atoms with Crippen LogP contribution in [0.15, 0.2) is 18.3 Å². The lowest BCUT2D eigenvalue weighted by Crippen LogP contribution is -2.10. The third-order valence-electron chi connectivity index (χ3n) is 2.49. The van der Waals surface area contributed by atoms with Crippen molar-refractivity contribution in [3.05, 3.63) is 40.0 Å². The first-order chi connectivity index (χ1) is 9.45. The Bertz CT molecular complexity index is 677. The summed E-state index contributed by atoms with van der Waals surface area (Å²) >= 11 is 11.4. The van der Waals surface area contributed by atoms with Gasteiger partial charge < -0.3 is 10.5 Å². The number of methoxy groups -OCH3 is 1. The van der Waals surface area contributed by atoms with Gasteiger partial charge >= 0.3 is 5.97 Å². The Balaban J connectivity index is 2.67. The number of carbonyl (C=O) groups excluding carboxylic acids is 1. The van der Waals surface area contributed by atoms with Gasteiger partial charge in [-0.3, -0.25) is 0 Å². The van der Waals surface area contributed by atoms with Crippen LogP contribution >= 0.6 is 23.2 Å². The summed E-state index contributed by atoms with van der Waals surface area (Å²) in [5.41, 5.74) is 5.04. The number of aromatic nitrogens is 2. The molecule has 0 aliphatic heterocycles. The van der Waals surface area contributed by atoms with Crippen LogP contribution < -0.4 is 5.73 Å². The number of nitrogens with zero attached hydrogens (tertiary/aromatic N) is 2. The van der Waals surface area contributed by atoms with Crippen molar-refractivity contribution in [1.29, 1.82) is 0 Å². The molecule has 0 aliphatic rings. The molecule has 2 rings (SSSR count). The van der Waals surface area contributed by atoms with E-state index in [1.54, 1.807) is 0 Å². The highest BCUT2D eigenvalue weighted by Gasteiger charge is 2.22. The molecule has 8 heteroatoms. The molecule has 0 saturated heterocycles. The lowest BCUT2D eigenvalue weighted by Gasteiger charge is -2.10. The molecule has 0 aliphatic carbocycles. The summed E-state index contributed by atoms with van der Waals surface area (Å²) in [6.07, 6.45) is 1.31.